The van der Waals surface area contributed by atoms with E-state index in [1.807, 2.05) is 12.1 Å². The highest BCUT2D eigenvalue weighted by Crippen LogP contribution is 2.26. The molecule has 0 saturated carbocycles. The number of rotatable bonds is 5. The van der Waals surface area contributed by atoms with Crippen LogP contribution in [-0.2, 0) is 0 Å². The van der Waals surface area contributed by atoms with Crippen LogP contribution < -0.4 is 5.73 Å². The summed E-state index contributed by atoms with van der Waals surface area (Å²) in [6.07, 6.45) is 1.17. The van der Waals surface area contributed by atoms with Crippen LogP contribution >= 0.6 is 15.9 Å². The van der Waals surface area contributed by atoms with Crippen molar-refractivity contribution in [3.8, 4) is 0 Å². The minimum Gasteiger partial charge on any atom is -0.329 e. The molecule has 1 heterocycles. The summed E-state index contributed by atoms with van der Waals surface area (Å²) in [4.78, 5) is 4.81. The van der Waals surface area contributed by atoms with Gasteiger partial charge in [0.1, 0.15) is 5.82 Å². The van der Waals surface area contributed by atoms with Gasteiger partial charge in [-0.3, -0.25) is 9.80 Å². The van der Waals surface area contributed by atoms with Gasteiger partial charge in [-0.2, -0.15) is 0 Å². The molecule has 0 bridgehead atoms. The number of halogens is 2. The Morgan fingerprint density at radius 2 is 1.86 bits per heavy atom. The molecule has 21 heavy (non-hydrogen) atoms. The third kappa shape index (κ3) is 4.03. The first kappa shape index (κ1) is 16.9. The van der Waals surface area contributed by atoms with Crippen LogP contribution in [0.4, 0.5) is 4.39 Å². The molecule has 2 unspecified atom stereocenters. The number of hydrogen-bond donors (Lipinski definition) is 1. The summed E-state index contributed by atoms with van der Waals surface area (Å²) in [7, 11) is 0. The number of piperazine rings is 1. The van der Waals surface area contributed by atoms with Crippen LogP contribution in [0.3, 0.4) is 0 Å². The van der Waals surface area contributed by atoms with E-state index in [2.05, 4.69) is 39.6 Å². The molecule has 0 aromatic heterocycles. The van der Waals surface area contributed by atoms with Gasteiger partial charge in [-0.1, -0.05) is 28.9 Å². The highest BCUT2D eigenvalue weighted by atomic mass is 79.9. The molecule has 5 heteroatoms. The van der Waals surface area contributed by atoms with E-state index in [4.69, 9.17) is 5.73 Å². The maximum Gasteiger partial charge on any atom is 0.129 e. The first-order valence-corrected chi connectivity index (χ1v) is 8.49. The zero-order chi connectivity index (χ0) is 15.4. The molecule has 2 N–H and O–H groups in total. The normalized spacial score (nSPS) is 20.4. The summed E-state index contributed by atoms with van der Waals surface area (Å²) in [5.74, 6) is -0.177. The van der Waals surface area contributed by atoms with Gasteiger partial charge in [0.25, 0.3) is 0 Å². The number of nitrogens with two attached hydrogens (primary N) is 1. The predicted octanol–water partition coefficient (Wildman–Crippen LogP) is 3.00. The van der Waals surface area contributed by atoms with Gasteiger partial charge in [0.05, 0.1) is 6.04 Å². The molecule has 0 radical (unpaired) electrons. The van der Waals surface area contributed by atoms with Crippen LogP contribution in [0.2, 0.25) is 0 Å². The maximum absolute atomic E-state index is 14.2. The van der Waals surface area contributed by atoms with E-state index in [1.54, 1.807) is 0 Å². The molecule has 1 saturated heterocycles. The van der Waals surface area contributed by atoms with Crippen molar-refractivity contribution in [2.45, 2.75) is 32.4 Å². The molecular weight excluding hydrogens is 333 g/mol. The first-order chi connectivity index (χ1) is 10.1. The van der Waals surface area contributed by atoms with Gasteiger partial charge in [-0.15, -0.1) is 0 Å². The van der Waals surface area contributed by atoms with Crippen molar-refractivity contribution in [1.82, 2.24) is 9.80 Å². The van der Waals surface area contributed by atoms with Crippen LogP contribution in [0.25, 0.3) is 0 Å². The quantitative estimate of drug-likeness (QED) is 0.878. The first-order valence-electron chi connectivity index (χ1n) is 7.70. The average Bonchev–Trinajstić information content (AvgIpc) is 2.50. The van der Waals surface area contributed by atoms with Gasteiger partial charge >= 0.3 is 0 Å². The molecule has 1 aromatic carbocycles. The van der Waals surface area contributed by atoms with Gasteiger partial charge in [0, 0.05) is 48.8 Å². The largest absolute Gasteiger partial charge is 0.329 e. The summed E-state index contributed by atoms with van der Waals surface area (Å²) in [6.45, 7) is 8.89. The van der Waals surface area contributed by atoms with Crippen LogP contribution in [0.1, 0.15) is 31.9 Å². The number of hydrogen-bond acceptors (Lipinski definition) is 3. The minimum atomic E-state index is -0.177. The summed E-state index contributed by atoms with van der Waals surface area (Å²) in [5.41, 5.74) is 6.64. The zero-order valence-corrected chi connectivity index (χ0v) is 14.4. The SMILES string of the molecule is CCC(C)N1CCN(C(CN)c2ccc(Br)cc2F)CC1. The number of benzene rings is 1. The van der Waals surface area contributed by atoms with Crippen molar-refractivity contribution >= 4 is 15.9 Å². The molecule has 0 amide bonds. The van der Waals surface area contributed by atoms with E-state index < -0.39 is 0 Å². The molecule has 2 rings (SSSR count). The summed E-state index contributed by atoms with van der Waals surface area (Å²) in [5, 5.41) is 0. The van der Waals surface area contributed by atoms with E-state index in [-0.39, 0.29) is 11.9 Å². The lowest BCUT2D eigenvalue weighted by molar-refractivity contribution is 0.0733. The zero-order valence-electron chi connectivity index (χ0n) is 12.9. The Balaban J connectivity index is 2.06. The highest BCUT2D eigenvalue weighted by molar-refractivity contribution is 9.10. The Morgan fingerprint density at radius 3 is 2.38 bits per heavy atom. The fourth-order valence-corrected chi connectivity index (χ4v) is 3.33. The number of nitrogens with zero attached hydrogens (tertiary/aromatic N) is 2. The fraction of sp³-hybridized carbons (Fsp3) is 0.625. The molecule has 1 aromatic rings. The topological polar surface area (TPSA) is 32.5 Å². The molecule has 118 valence electrons. The second-order valence-electron chi connectivity index (χ2n) is 5.75. The molecule has 1 aliphatic heterocycles. The van der Waals surface area contributed by atoms with Gasteiger partial charge in [0.2, 0.25) is 0 Å². The third-order valence-electron chi connectivity index (χ3n) is 4.55. The molecule has 1 aliphatic rings. The monoisotopic (exact) mass is 357 g/mol. The van der Waals surface area contributed by atoms with Gasteiger partial charge in [0.15, 0.2) is 0 Å². The van der Waals surface area contributed by atoms with E-state index >= 15 is 0 Å². The Labute approximate surface area is 135 Å². The Bertz CT molecular complexity index is 461. The summed E-state index contributed by atoms with van der Waals surface area (Å²) in [6, 6.07) is 5.84. The molecule has 0 spiro atoms. The maximum atomic E-state index is 14.2. The predicted molar refractivity (Wildman–Crippen MR) is 88.8 cm³/mol. The fourth-order valence-electron chi connectivity index (χ4n) is 2.99. The van der Waals surface area contributed by atoms with Crippen molar-refractivity contribution in [1.29, 1.82) is 0 Å². The van der Waals surface area contributed by atoms with E-state index in [1.165, 1.54) is 12.5 Å². The molecule has 3 nitrogen and oxygen atoms in total. The molecule has 1 fully saturated rings. The van der Waals surface area contributed by atoms with Crippen molar-refractivity contribution in [2.75, 3.05) is 32.7 Å². The standard InChI is InChI=1S/C16H25BrFN3/c1-3-12(2)20-6-8-21(9-7-20)16(11-19)14-5-4-13(17)10-15(14)18/h4-5,10,12,16H,3,6-9,11,19H2,1-2H3. The summed E-state index contributed by atoms with van der Waals surface area (Å²) >= 11 is 3.30. The lowest BCUT2D eigenvalue weighted by atomic mass is 10.0. The lowest BCUT2D eigenvalue weighted by Crippen LogP contribution is -2.51. The van der Waals surface area contributed by atoms with Crippen molar-refractivity contribution in [2.24, 2.45) is 5.73 Å². The van der Waals surface area contributed by atoms with Crippen molar-refractivity contribution in [3.63, 3.8) is 0 Å². The van der Waals surface area contributed by atoms with E-state index in [0.29, 0.717) is 18.2 Å². The average molecular weight is 358 g/mol. The van der Waals surface area contributed by atoms with E-state index in [9.17, 15) is 4.39 Å². The van der Waals surface area contributed by atoms with Crippen molar-refractivity contribution in [3.05, 3.63) is 34.1 Å². The van der Waals surface area contributed by atoms with Crippen LogP contribution in [0.15, 0.2) is 22.7 Å². The lowest BCUT2D eigenvalue weighted by Gasteiger charge is -2.41. The van der Waals surface area contributed by atoms with Gasteiger partial charge in [-0.25, -0.2) is 4.39 Å². The summed E-state index contributed by atoms with van der Waals surface area (Å²) < 4.78 is 14.9. The molecular formula is C16H25BrFN3. The Morgan fingerprint density at radius 1 is 1.24 bits per heavy atom. The molecule has 2 atom stereocenters. The smallest absolute Gasteiger partial charge is 0.129 e. The second kappa shape index (κ2) is 7.68. The Kier molecular flexibility index (Phi) is 6.17. The van der Waals surface area contributed by atoms with Gasteiger partial charge in [-0.05, 0) is 25.5 Å². The third-order valence-corrected chi connectivity index (χ3v) is 5.04. The van der Waals surface area contributed by atoms with Gasteiger partial charge < -0.3 is 5.73 Å². The van der Waals surface area contributed by atoms with E-state index in [0.717, 1.165) is 30.7 Å². The van der Waals surface area contributed by atoms with Crippen molar-refractivity contribution < 1.29 is 4.39 Å². The van der Waals surface area contributed by atoms with Crippen LogP contribution in [0, 0.1) is 5.82 Å². The van der Waals surface area contributed by atoms with Crippen LogP contribution in [0.5, 0.6) is 0 Å². The second-order valence-corrected chi connectivity index (χ2v) is 6.66. The highest BCUT2D eigenvalue weighted by Gasteiger charge is 2.27. The minimum absolute atomic E-state index is 0.0304. The molecule has 0 aliphatic carbocycles. The van der Waals surface area contributed by atoms with Crippen LogP contribution in [-0.4, -0.2) is 48.6 Å². The Hall–Kier alpha value is -0.490.